The fourth-order valence-corrected chi connectivity index (χ4v) is 5.00. The van der Waals surface area contributed by atoms with Crippen LogP contribution in [0.4, 0.5) is 0 Å². The van der Waals surface area contributed by atoms with Gasteiger partial charge in [-0.2, -0.15) is 8.42 Å². The molecule has 5 rings (SSSR count). The lowest BCUT2D eigenvalue weighted by molar-refractivity contribution is -0.694. The van der Waals surface area contributed by atoms with E-state index in [9.17, 15) is 8.42 Å². The van der Waals surface area contributed by atoms with Gasteiger partial charge in [0.15, 0.2) is 37.9 Å². The predicted molar refractivity (Wildman–Crippen MR) is 186 cm³/mol. The lowest BCUT2D eigenvalue weighted by Crippen LogP contribution is -2.34. The number of nitrogens with zero attached hydrogens (tertiary/aromatic N) is 13. The van der Waals surface area contributed by atoms with Gasteiger partial charge in [-0.05, 0) is 82.2 Å². The van der Waals surface area contributed by atoms with E-state index in [1.165, 1.54) is 23.3 Å². The van der Waals surface area contributed by atoms with Crippen LogP contribution in [0.2, 0.25) is 0 Å². The summed E-state index contributed by atoms with van der Waals surface area (Å²) in [6.45, 7) is 3.91. The van der Waals surface area contributed by atoms with E-state index in [2.05, 4.69) is 44.2 Å². The highest BCUT2D eigenvalue weighted by molar-refractivity contribution is 7.86. The largest absolute Gasteiger partial charge is 0.296 e. The first kappa shape index (κ1) is 38.1. The van der Waals surface area contributed by atoms with Crippen molar-refractivity contribution in [3.8, 4) is 22.3 Å². The van der Waals surface area contributed by atoms with Crippen molar-refractivity contribution in [1.82, 2.24) is 9.97 Å². The lowest BCUT2D eigenvalue weighted by atomic mass is 10.1. The van der Waals surface area contributed by atoms with Gasteiger partial charge in [-0.25, -0.2) is 9.13 Å². The van der Waals surface area contributed by atoms with E-state index in [4.69, 9.17) is 16.6 Å². The summed E-state index contributed by atoms with van der Waals surface area (Å²) in [6.07, 6.45) is 15.0. The molecule has 0 radical (unpaired) electrons. The first-order valence-corrected chi connectivity index (χ1v) is 16.5. The molecule has 50 heavy (non-hydrogen) atoms. The number of aryl methyl sites for hydroxylation is 1. The van der Waals surface area contributed by atoms with Gasteiger partial charge in [0.25, 0.3) is 10.1 Å². The second-order valence-corrected chi connectivity index (χ2v) is 11.7. The zero-order valence-corrected chi connectivity index (χ0v) is 28.1. The van der Waals surface area contributed by atoms with Gasteiger partial charge in [-0.3, -0.25) is 14.2 Å². The normalized spacial score (nSPS) is 10.0. The molecular weight excluding hydrogens is 659 g/mol. The number of hydrogen-bond acceptors (Lipinski definition) is 8. The Hall–Kier alpha value is -6.34. The molecule has 0 atom stereocenters. The van der Waals surface area contributed by atoms with E-state index in [0.29, 0.717) is 26.2 Å². The summed E-state index contributed by atoms with van der Waals surface area (Å²) < 4.78 is 31.7. The van der Waals surface area contributed by atoms with Crippen LogP contribution in [0.3, 0.4) is 0 Å². The predicted octanol–water partition coefficient (Wildman–Crippen LogP) is 6.70. The SMILES string of the molecule is Cc1ccc(S(=O)(=O)OCCN=[N+]=[N-])cc1.[N-]=[N+]=NCC[n+]1ccc(-c2cc[n+](CCN=[N+]=[N-])cc2)cc1.c1cc(-c2ccncc2)ccn1. The monoisotopic (exact) mass is 693 g/mol. The van der Waals surface area contributed by atoms with Crippen LogP contribution < -0.4 is 9.13 Å². The van der Waals surface area contributed by atoms with Gasteiger partial charge in [0.2, 0.25) is 0 Å². The second-order valence-electron chi connectivity index (χ2n) is 10.1. The summed E-state index contributed by atoms with van der Waals surface area (Å²) in [5, 5.41) is 10.2. The molecule has 0 unspecified atom stereocenters. The Balaban J connectivity index is 0.000000212. The minimum absolute atomic E-state index is 0.0123. The zero-order valence-electron chi connectivity index (χ0n) is 27.2. The first-order chi connectivity index (χ1) is 24.4. The minimum Gasteiger partial charge on any atom is -0.266 e. The molecule has 254 valence electrons. The van der Waals surface area contributed by atoms with Gasteiger partial charge in [0, 0.05) is 63.8 Å². The standard InChI is InChI=1S/C14H16N8.C10H8N2.C9H11N3O3S/c15-19-17-5-11-21-7-1-13(2-8-21)14-3-9-22(10-4-14)12-6-18-20-16;1-5-11-6-2-9(1)10-3-7-12-8-4-10;1-8-2-4-9(5-3-8)16(13,14)15-7-6-11-12-10/h1-4,7-10H,5-6,11-12H2;1-8H;2-5H,6-7H2,1H3/q+2;;. The van der Waals surface area contributed by atoms with Crippen molar-refractivity contribution in [2.45, 2.75) is 24.9 Å². The molecule has 0 amide bonds. The molecule has 5 aromatic rings. The Morgan fingerprint density at radius 2 is 0.980 bits per heavy atom. The maximum atomic E-state index is 11.5. The maximum absolute atomic E-state index is 11.5. The van der Waals surface area contributed by atoms with Gasteiger partial charge in [0.05, 0.1) is 31.1 Å². The van der Waals surface area contributed by atoms with Crippen LogP contribution in [0.5, 0.6) is 0 Å². The molecule has 16 nitrogen and oxygen atoms in total. The van der Waals surface area contributed by atoms with E-state index in [1.54, 1.807) is 36.9 Å². The summed E-state index contributed by atoms with van der Waals surface area (Å²) in [4.78, 5) is 16.0. The molecule has 0 fully saturated rings. The van der Waals surface area contributed by atoms with Crippen molar-refractivity contribution in [3.63, 3.8) is 0 Å². The Bertz CT molecular complexity index is 1900. The lowest BCUT2D eigenvalue weighted by Gasteiger charge is -2.04. The second kappa shape index (κ2) is 21.5. The Kier molecular flexibility index (Phi) is 16.4. The molecule has 0 saturated heterocycles. The van der Waals surface area contributed by atoms with Crippen LogP contribution in [-0.4, -0.2) is 44.6 Å². The number of benzene rings is 1. The van der Waals surface area contributed by atoms with E-state index >= 15 is 0 Å². The summed E-state index contributed by atoms with van der Waals surface area (Å²) in [5.41, 5.74) is 30.0. The Morgan fingerprint density at radius 3 is 1.38 bits per heavy atom. The van der Waals surface area contributed by atoms with Crippen molar-refractivity contribution in [3.05, 3.63) is 159 Å². The number of azide groups is 3. The molecule has 0 aliphatic carbocycles. The van der Waals surface area contributed by atoms with Crippen molar-refractivity contribution >= 4 is 10.1 Å². The third-order valence-electron chi connectivity index (χ3n) is 6.66. The van der Waals surface area contributed by atoms with Gasteiger partial charge in [0.1, 0.15) is 0 Å². The van der Waals surface area contributed by atoms with Crippen LogP contribution in [0.1, 0.15) is 5.56 Å². The summed E-state index contributed by atoms with van der Waals surface area (Å²) in [6, 6.07) is 22.3. The maximum Gasteiger partial charge on any atom is 0.296 e. The van der Waals surface area contributed by atoms with Gasteiger partial charge >= 0.3 is 0 Å². The molecule has 0 spiro atoms. The highest BCUT2D eigenvalue weighted by Gasteiger charge is 2.14. The average Bonchev–Trinajstić information content (AvgIpc) is 3.16. The Morgan fingerprint density at radius 1 is 0.600 bits per heavy atom. The highest BCUT2D eigenvalue weighted by Crippen LogP contribution is 2.17. The number of pyridine rings is 4. The summed E-state index contributed by atoms with van der Waals surface area (Å²) >= 11 is 0. The molecule has 4 heterocycles. The molecule has 0 aliphatic heterocycles. The third-order valence-corrected chi connectivity index (χ3v) is 7.98. The molecule has 0 aliphatic rings. The van der Waals surface area contributed by atoms with Crippen molar-refractivity contribution in [2.75, 3.05) is 26.2 Å². The number of aromatic nitrogens is 4. The van der Waals surface area contributed by atoms with Gasteiger partial charge in [-0.1, -0.05) is 33.0 Å². The average molecular weight is 694 g/mol. The van der Waals surface area contributed by atoms with E-state index in [0.717, 1.165) is 16.7 Å². The molecule has 17 heteroatoms. The first-order valence-electron chi connectivity index (χ1n) is 15.1. The van der Waals surface area contributed by atoms with Gasteiger partial charge in [-0.15, -0.1) is 0 Å². The van der Waals surface area contributed by atoms with Crippen molar-refractivity contribution < 1.29 is 21.7 Å². The highest BCUT2D eigenvalue weighted by atomic mass is 32.2. The van der Waals surface area contributed by atoms with Crippen molar-refractivity contribution in [2.24, 2.45) is 15.3 Å². The number of hydrogen-bond donors (Lipinski definition) is 0. The van der Waals surface area contributed by atoms with E-state index in [-0.39, 0.29) is 18.0 Å². The smallest absolute Gasteiger partial charge is 0.266 e. The van der Waals surface area contributed by atoms with Crippen LogP contribution in [0, 0.1) is 6.92 Å². The van der Waals surface area contributed by atoms with E-state index in [1.807, 2.05) is 89.4 Å². The van der Waals surface area contributed by atoms with Crippen LogP contribution in [0.25, 0.3) is 53.6 Å². The topological polar surface area (TPSA) is 223 Å². The van der Waals surface area contributed by atoms with Crippen molar-refractivity contribution in [1.29, 1.82) is 0 Å². The van der Waals surface area contributed by atoms with Crippen LogP contribution in [-0.2, 0) is 27.4 Å². The molecule has 0 N–H and O–H groups in total. The van der Waals surface area contributed by atoms with Crippen LogP contribution in [0.15, 0.2) is 143 Å². The van der Waals surface area contributed by atoms with Crippen LogP contribution >= 0.6 is 0 Å². The molecule has 4 aromatic heterocycles. The fraction of sp³-hybridized carbons (Fsp3) is 0.212. The minimum atomic E-state index is -3.74. The zero-order chi connectivity index (χ0) is 35.9. The fourth-order valence-electron chi connectivity index (χ4n) is 4.10. The molecule has 0 saturated carbocycles. The summed E-state index contributed by atoms with van der Waals surface area (Å²) in [5.74, 6) is 0. The van der Waals surface area contributed by atoms with Gasteiger partial charge < -0.3 is 0 Å². The Labute approximate surface area is 289 Å². The molecule has 0 bridgehead atoms. The van der Waals surface area contributed by atoms with E-state index < -0.39 is 10.1 Å². The molecule has 1 aromatic carbocycles. The third kappa shape index (κ3) is 13.8. The quantitative estimate of drug-likeness (QED) is 0.0327. The molecular formula is C33H35N13O3S+2. The summed E-state index contributed by atoms with van der Waals surface area (Å²) in [7, 11) is -3.74. The number of rotatable bonds is 13.